The van der Waals surface area contributed by atoms with Gasteiger partial charge in [-0.05, 0) is 128 Å². The summed E-state index contributed by atoms with van der Waals surface area (Å²) >= 11 is 3.81. The molecule has 154 valence electrons. The summed E-state index contributed by atoms with van der Waals surface area (Å²) in [5.41, 5.74) is 18.1. The second kappa shape index (κ2) is 7.54. The predicted molar refractivity (Wildman–Crippen MR) is 135 cm³/mol. The van der Waals surface area contributed by atoms with E-state index in [-0.39, 0.29) is 0 Å². The van der Waals surface area contributed by atoms with Crippen molar-refractivity contribution in [3.8, 4) is 11.1 Å². The topological polar surface area (TPSA) is 0 Å². The number of halogens is 1. The number of fused-ring (bicyclic) bond motifs is 1. The fraction of sp³-hybridized carbons (Fsp3) is 0.310. The molecule has 0 nitrogen and oxygen atoms in total. The molecule has 0 spiro atoms. The van der Waals surface area contributed by atoms with E-state index in [9.17, 15) is 0 Å². The third-order valence-electron chi connectivity index (χ3n) is 7.47. The largest absolute Gasteiger partial charge is 0.0720 e. The van der Waals surface area contributed by atoms with E-state index >= 15 is 0 Å². The lowest BCUT2D eigenvalue weighted by Gasteiger charge is -2.23. The molecule has 1 aliphatic carbocycles. The van der Waals surface area contributed by atoms with Gasteiger partial charge in [-0.3, -0.25) is 0 Å². The number of hydrogen-bond donors (Lipinski definition) is 0. The van der Waals surface area contributed by atoms with Crippen LogP contribution < -0.4 is 0 Å². The maximum Gasteiger partial charge on any atom is 0.0284 e. The lowest BCUT2D eigenvalue weighted by Crippen LogP contribution is -2.06. The highest BCUT2D eigenvalue weighted by atomic mass is 79.9. The standard InChI is InChI=1S/C29H31Br/c1-15-14-16(2)18(4)27(17(15)3)25-11-9-10-23-24(25)12-13-26(23)28-19(5)21(7)29(30)22(8)20(28)6/h9-14,26H,1-8H3. The zero-order valence-corrected chi connectivity index (χ0v) is 21.0. The SMILES string of the molecule is Cc1cc(C)c(C)c(-c2cccc3c2C=CC3c2c(C)c(C)c(Br)c(C)c2C)c1C. The van der Waals surface area contributed by atoms with E-state index < -0.39 is 0 Å². The Hall–Kier alpha value is -2.12. The van der Waals surface area contributed by atoms with Crippen LogP contribution in [0.5, 0.6) is 0 Å². The van der Waals surface area contributed by atoms with Crippen molar-refractivity contribution in [1.82, 2.24) is 0 Å². The number of allylic oxidation sites excluding steroid dienone is 1. The van der Waals surface area contributed by atoms with E-state index in [1.807, 2.05) is 0 Å². The van der Waals surface area contributed by atoms with Crippen LogP contribution >= 0.6 is 15.9 Å². The summed E-state index contributed by atoms with van der Waals surface area (Å²) in [7, 11) is 0. The molecule has 0 saturated heterocycles. The van der Waals surface area contributed by atoms with Gasteiger partial charge in [-0.2, -0.15) is 0 Å². The zero-order chi connectivity index (χ0) is 21.9. The van der Waals surface area contributed by atoms with Gasteiger partial charge in [0.1, 0.15) is 0 Å². The Morgan fingerprint density at radius 3 is 1.83 bits per heavy atom. The predicted octanol–water partition coefficient (Wildman–Crippen LogP) is 8.74. The Morgan fingerprint density at radius 2 is 1.27 bits per heavy atom. The van der Waals surface area contributed by atoms with E-state index in [0.717, 1.165) is 0 Å². The Labute approximate surface area is 190 Å². The van der Waals surface area contributed by atoms with E-state index in [1.165, 1.54) is 76.8 Å². The summed E-state index contributed by atoms with van der Waals surface area (Å²) in [6.45, 7) is 18.0. The highest BCUT2D eigenvalue weighted by Crippen LogP contribution is 2.45. The van der Waals surface area contributed by atoms with E-state index in [2.05, 4.69) is 108 Å². The summed E-state index contributed by atoms with van der Waals surface area (Å²) in [5.74, 6) is 0.317. The van der Waals surface area contributed by atoms with Gasteiger partial charge in [0, 0.05) is 10.4 Å². The molecule has 3 aromatic rings. The van der Waals surface area contributed by atoms with Crippen molar-refractivity contribution < 1.29 is 0 Å². The second-order valence-electron chi connectivity index (χ2n) is 9.01. The molecule has 0 heterocycles. The maximum atomic E-state index is 3.81. The van der Waals surface area contributed by atoms with Crippen LogP contribution in [0.3, 0.4) is 0 Å². The molecule has 1 aliphatic rings. The Kier molecular flexibility index (Phi) is 5.31. The van der Waals surface area contributed by atoms with E-state index in [1.54, 1.807) is 0 Å². The van der Waals surface area contributed by atoms with Gasteiger partial charge in [-0.25, -0.2) is 0 Å². The van der Waals surface area contributed by atoms with Gasteiger partial charge in [0.25, 0.3) is 0 Å². The van der Waals surface area contributed by atoms with Crippen LogP contribution in [0.1, 0.15) is 67.1 Å². The minimum atomic E-state index is 0.317. The summed E-state index contributed by atoms with van der Waals surface area (Å²) in [4.78, 5) is 0. The first-order chi connectivity index (χ1) is 14.1. The molecule has 1 atom stereocenters. The van der Waals surface area contributed by atoms with Gasteiger partial charge in [0.05, 0.1) is 0 Å². The molecular formula is C29H31Br. The number of benzene rings is 3. The third-order valence-corrected chi connectivity index (χ3v) is 8.66. The molecule has 4 rings (SSSR count). The highest BCUT2D eigenvalue weighted by Gasteiger charge is 2.27. The summed E-state index contributed by atoms with van der Waals surface area (Å²) in [6.07, 6.45) is 4.76. The fourth-order valence-electron chi connectivity index (χ4n) is 5.19. The van der Waals surface area contributed by atoms with Crippen LogP contribution in [-0.2, 0) is 0 Å². The van der Waals surface area contributed by atoms with Crippen molar-refractivity contribution in [2.45, 2.75) is 61.3 Å². The normalized spacial score (nSPS) is 15.0. The number of rotatable bonds is 2. The minimum Gasteiger partial charge on any atom is -0.0720 e. The average Bonchev–Trinajstić information content (AvgIpc) is 3.14. The van der Waals surface area contributed by atoms with Crippen LogP contribution in [-0.4, -0.2) is 0 Å². The van der Waals surface area contributed by atoms with Crippen molar-refractivity contribution in [1.29, 1.82) is 0 Å². The molecule has 0 saturated carbocycles. The van der Waals surface area contributed by atoms with Gasteiger partial charge in [0.15, 0.2) is 0 Å². The molecule has 0 aliphatic heterocycles. The first kappa shape index (κ1) is 21.1. The van der Waals surface area contributed by atoms with E-state index in [0.29, 0.717) is 5.92 Å². The smallest absolute Gasteiger partial charge is 0.0284 e. The van der Waals surface area contributed by atoms with E-state index in [4.69, 9.17) is 0 Å². The third kappa shape index (κ3) is 3.02. The molecule has 1 heteroatoms. The second-order valence-corrected chi connectivity index (χ2v) is 9.80. The van der Waals surface area contributed by atoms with Crippen LogP contribution in [0.15, 0.2) is 34.8 Å². The zero-order valence-electron chi connectivity index (χ0n) is 19.4. The molecule has 0 aromatic heterocycles. The fourth-order valence-corrected chi connectivity index (χ4v) is 5.78. The molecule has 0 bridgehead atoms. The molecule has 1 unspecified atom stereocenters. The summed E-state index contributed by atoms with van der Waals surface area (Å²) < 4.78 is 1.25. The Morgan fingerprint density at radius 1 is 0.700 bits per heavy atom. The van der Waals surface area contributed by atoms with Gasteiger partial charge in [-0.15, -0.1) is 0 Å². The van der Waals surface area contributed by atoms with Gasteiger partial charge in [0.2, 0.25) is 0 Å². The number of hydrogen-bond acceptors (Lipinski definition) is 0. The molecule has 0 fully saturated rings. The van der Waals surface area contributed by atoms with Gasteiger partial charge >= 0.3 is 0 Å². The monoisotopic (exact) mass is 458 g/mol. The number of aryl methyl sites for hydroxylation is 2. The van der Waals surface area contributed by atoms with Crippen LogP contribution in [0.4, 0.5) is 0 Å². The molecule has 30 heavy (non-hydrogen) atoms. The van der Waals surface area contributed by atoms with Gasteiger partial charge < -0.3 is 0 Å². The van der Waals surface area contributed by atoms with Crippen LogP contribution in [0.25, 0.3) is 17.2 Å². The van der Waals surface area contributed by atoms with Crippen molar-refractivity contribution in [2.24, 2.45) is 0 Å². The van der Waals surface area contributed by atoms with Gasteiger partial charge in [-0.1, -0.05) is 52.3 Å². The first-order valence-electron chi connectivity index (χ1n) is 10.8. The molecular weight excluding hydrogens is 428 g/mol. The van der Waals surface area contributed by atoms with Crippen molar-refractivity contribution in [2.75, 3.05) is 0 Å². The first-order valence-corrected chi connectivity index (χ1v) is 11.6. The Bertz CT molecular complexity index is 1170. The van der Waals surface area contributed by atoms with Crippen molar-refractivity contribution in [3.05, 3.63) is 96.0 Å². The quantitative estimate of drug-likeness (QED) is 0.359. The molecule has 0 radical (unpaired) electrons. The highest BCUT2D eigenvalue weighted by molar-refractivity contribution is 9.10. The van der Waals surface area contributed by atoms with Crippen molar-refractivity contribution >= 4 is 22.0 Å². The lowest BCUT2D eigenvalue weighted by molar-refractivity contribution is 0.986. The lowest BCUT2D eigenvalue weighted by atomic mass is 9.81. The Balaban J connectivity index is 1.96. The van der Waals surface area contributed by atoms with Crippen LogP contribution in [0, 0.1) is 55.4 Å². The van der Waals surface area contributed by atoms with Crippen LogP contribution in [0.2, 0.25) is 0 Å². The maximum absolute atomic E-state index is 3.81. The molecule has 3 aromatic carbocycles. The molecule has 0 N–H and O–H groups in total. The summed E-state index contributed by atoms with van der Waals surface area (Å²) in [5, 5.41) is 0. The molecule has 0 amide bonds. The summed E-state index contributed by atoms with van der Waals surface area (Å²) in [6, 6.07) is 9.18. The average molecular weight is 459 g/mol. The minimum absolute atomic E-state index is 0.317. The van der Waals surface area contributed by atoms with Crippen molar-refractivity contribution in [3.63, 3.8) is 0 Å².